The zero-order chi connectivity index (χ0) is 15.4. The fraction of sp³-hybridized carbons (Fsp3) is 0.286. The second-order valence-corrected chi connectivity index (χ2v) is 4.75. The molecule has 21 heavy (non-hydrogen) atoms. The maximum Gasteiger partial charge on any atom is 0.219 e. The molecular formula is C14H16F2N4O. The van der Waals surface area contributed by atoms with E-state index in [1.165, 1.54) is 12.1 Å². The van der Waals surface area contributed by atoms with Crippen LogP contribution in [0.25, 0.3) is 0 Å². The first kappa shape index (κ1) is 15.0. The molecule has 7 heteroatoms. The number of hydrogen-bond acceptors (Lipinski definition) is 3. The maximum atomic E-state index is 13.2. The molecule has 0 saturated carbocycles. The summed E-state index contributed by atoms with van der Waals surface area (Å²) in [4.78, 5) is 10.7. The van der Waals surface area contributed by atoms with Crippen molar-refractivity contribution in [3.63, 3.8) is 0 Å². The highest BCUT2D eigenvalue weighted by molar-refractivity contribution is 5.73. The number of nitrogens with one attached hydrogen (secondary N) is 1. The summed E-state index contributed by atoms with van der Waals surface area (Å²) in [6, 6.07) is 4.77. The molecule has 1 aromatic heterocycles. The van der Waals surface area contributed by atoms with Gasteiger partial charge in [0.25, 0.3) is 0 Å². The van der Waals surface area contributed by atoms with Gasteiger partial charge >= 0.3 is 0 Å². The molecule has 0 saturated heterocycles. The Hall–Kier alpha value is -2.44. The van der Waals surface area contributed by atoms with Crippen molar-refractivity contribution in [3.05, 3.63) is 47.7 Å². The predicted molar refractivity (Wildman–Crippen MR) is 74.4 cm³/mol. The van der Waals surface area contributed by atoms with Gasteiger partial charge in [-0.3, -0.25) is 9.48 Å². The normalized spacial score (nSPS) is 12.1. The van der Waals surface area contributed by atoms with Gasteiger partial charge in [-0.1, -0.05) is 0 Å². The standard InChI is InChI=1S/C14H16F2N4O/c1-9(10-6-11(15)8-12(16)7-10)18-14-3-5-20(19-14)4-2-13(17)21/h3,5-9H,2,4H2,1H3,(H2,17,21)(H,18,19)/t9-/m1/s1. The molecule has 0 radical (unpaired) electrons. The molecule has 1 atom stereocenters. The third-order valence-corrected chi connectivity index (χ3v) is 2.98. The number of halogens is 2. The Kier molecular flexibility index (Phi) is 4.52. The van der Waals surface area contributed by atoms with Crippen LogP contribution >= 0.6 is 0 Å². The second kappa shape index (κ2) is 6.34. The summed E-state index contributed by atoms with van der Waals surface area (Å²) in [7, 11) is 0. The molecule has 0 aliphatic rings. The minimum absolute atomic E-state index is 0.200. The lowest BCUT2D eigenvalue weighted by molar-refractivity contribution is -0.118. The highest BCUT2D eigenvalue weighted by Gasteiger charge is 2.10. The van der Waals surface area contributed by atoms with Gasteiger partial charge in [-0.05, 0) is 24.6 Å². The summed E-state index contributed by atoms with van der Waals surface area (Å²) in [5.74, 6) is -1.09. The van der Waals surface area contributed by atoms with Crippen LogP contribution in [-0.4, -0.2) is 15.7 Å². The molecule has 1 aromatic carbocycles. The lowest BCUT2D eigenvalue weighted by atomic mass is 10.1. The number of amides is 1. The van der Waals surface area contributed by atoms with Gasteiger partial charge in [-0.2, -0.15) is 5.10 Å². The SMILES string of the molecule is C[C@@H](Nc1ccn(CCC(N)=O)n1)c1cc(F)cc(F)c1. The first-order valence-electron chi connectivity index (χ1n) is 6.48. The number of rotatable bonds is 6. The molecule has 2 aromatic rings. The molecule has 0 spiro atoms. The van der Waals surface area contributed by atoms with Crippen molar-refractivity contribution in [3.8, 4) is 0 Å². The van der Waals surface area contributed by atoms with E-state index in [4.69, 9.17) is 5.73 Å². The predicted octanol–water partition coefficient (Wildman–Crippen LogP) is 2.21. The number of carbonyl (C=O) groups is 1. The third-order valence-electron chi connectivity index (χ3n) is 2.98. The molecule has 0 aliphatic heterocycles. The van der Waals surface area contributed by atoms with Crippen LogP contribution < -0.4 is 11.1 Å². The number of carbonyl (C=O) groups excluding carboxylic acids is 1. The summed E-state index contributed by atoms with van der Waals surface area (Å²) in [6.07, 6.45) is 1.90. The topological polar surface area (TPSA) is 72.9 Å². The van der Waals surface area contributed by atoms with Crippen LogP contribution in [0.4, 0.5) is 14.6 Å². The third kappa shape index (κ3) is 4.27. The Morgan fingerprint density at radius 1 is 1.38 bits per heavy atom. The van der Waals surface area contributed by atoms with Gasteiger partial charge < -0.3 is 11.1 Å². The first-order valence-corrected chi connectivity index (χ1v) is 6.48. The molecule has 0 unspecified atom stereocenters. The average molecular weight is 294 g/mol. The van der Waals surface area contributed by atoms with Crippen LogP contribution in [0.1, 0.15) is 24.9 Å². The van der Waals surface area contributed by atoms with E-state index in [0.29, 0.717) is 17.9 Å². The highest BCUT2D eigenvalue weighted by atomic mass is 19.1. The number of aromatic nitrogens is 2. The number of benzene rings is 1. The van der Waals surface area contributed by atoms with Crippen molar-refractivity contribution in [1.82, 2.24) is 9.78 Å². The number of anilines is 1. The van der Waals surface area contributed by atoms with Crippen molar-refractivity contribution in [2.45, 2.75) is 25.9 Å². The Morgan fingerprint density at radius 3 is 2.67 bits per heavy atom. The Balaban J connectivity index is 2.02. The zero-order valence-electron chi connectivity index (χ0n) is 11.5. The van der Waals surface area contributed by atoms with Crippen LogP contribution in [0, 0.1) is 11.6 Å². The van der Waals surface area contributed by atoms with E-state index in [1.807, 2.05) is 0 Å². The van der Waals surface area contributed by atoms with Crippen LogP contribution in [0.15, 0.2) is 30.5 Å². The van der Waals surface area contributed by atoms with E-state index < -0.39 is 17.5 Å². The molecule has 5 nitrogen and oxygen atoms in total. The van der Waals surface area contributed by atoms with Gasteiger partial charge in [-0.15, -0.1) is 0 Å². The molecule has 3 N–H and O–H groups in total. The van der Waals surface area contributed by atoms with Crippen molar-refractivity contribution in [1.29, 1.82) is 0 Å². The largest absolute Gasteiger partial charge is 0.370 e. The fourth-order valence-corrected chi connectivity index (χ4v) is 1.92. The monoisotopic (exact) mass is 294 g/mol. The Bertz CT molecular complexity index is 621. The quantitative estimate of drug-likeness (QED) is 0.858. The maximum absolute atomic E-state index is 13.2. The molecule has 0 aliphatic carbocycles. The Labute approximate surface area is 120 Å². The molecular weight excluding hydrogens is 278 g/mol. The minimum atomic E-state index is -0.620. The van der Waals surface area contributed by atoms with Crippen molar-refractivity contribution < 1.29 is 13.6 Å². The fourth-order valence-electron chi connectivity index (χ4n) is 1.92. The molecule has 2 rings (SSSR count). The van der Waals surface area contributed by atoms with Crippen molar-refractivity contribution in [2.24, 2.45) is 5.73 Å². The molecule has 1 heterocycles. The summed E-state index contributed by atoms with van der Waals surface area (Å²) in [5, 5.41) is 7.24. The van der Waals surface area contributed by atoms with E-state index >= 15 is 0 Å². The van der Waals surface area contributed by atoms with Crippen LogP contribution in [0.2, 0.25) is 0 Å². The number of primary amides is 1. The van der Waals surface area contributed by atoms with Gasteiger partial charge in [0.15, 0.2) is 0 Å². The van der Waals surface area contributed by atoms with E-state index in [-0.39, 0.29) is 12.5 Å². The lowest BCUT2D eigenvalue weighted by Gasteiger charge is -2.13. The van der Waals surface area contributed by atoms with Crippen LogP contribution in [0.5, 0.6) is 0 Å². The van der Waals surface area contributed by atoms with Gasteiger partial charge in [0, 0.05) is 31.3 Å². The molecule has 0 fully saturated rings. The zero-order valence-corrected chi connectivity index (χ0v) is 11.5. The molecule has 112 valence electrons. The molecule has 1 amide bonds. The van der Waals surface area contributed by atoms with Gasteiger partial charge in [0.1, 0.15) is 17.5 Å². The van der Waals surface area contributed by atoms with E-state index in [1.54, 1.807) is 23.9 Å². The summed E-state index contributed by atoms with van der Waals surface area (Å²) < 4.78 is 27.9. The molecule has 0 bridgehead atoms. The van der Waals surface area contributed by atoms with Crippen molar-refractivity contribution >= 4 is 11.7 Å². The number of aryl methyl sites for hydroxylation is 1. The number of nitrogens with zero attached hydrogens (tertiary/aromatic N) is 2. The van der Waals surface area contributed by atoms with Crippen molar-refractivity contribution in [2.75, 3.05) is 5.32 Å². The lowest BCUT2D eigenvalue weighted by Crippen LogP contribution is -2.14. The number of hydrogen-bond donors (Lipinski definition) is 2. The minimum Gasteiger partial charge on any atom is -0.370 e. The summed E-state index contributed by atoms with van der Waals surface area (Å²) in [5.41, 5.74) is 5.55. The highest BCUT2D eigenvalue weighted by Crippen LogP contribution is 2.20. The summed E-state index contributed by atoms with van der Waals surface area (Å²) in [6.45, 7) is 2.16. The first-order chi connectivity index (χ1) is 9.94. The van der Waals surface area contributed by atoms with Crippen LogP contribution in [0.3, 0.4) is 0 Å². The number of nitrogens with two attached hydrogens (primary N) is 1. The van der Waals surface area contributed by atoms with Gasteiger partial charge in [0.05, 0.1) is 6.04 Å². The average Bonchev–Trinajstić information content (AvgIpc) is 2.83. The van der Waals surface area contributed by atoms with E-state index in [0.717, 1.165) is 6.07 Å². The Morgan fingerprint density at radius 2 is 2.05 bits per heavy atom. The van der Waals surface area contributed by atoms with Gasteiger partial charge in [0.2, 0.25) is 5.91 Å². The smallest absolute Gasteiger partial charge is 0.219 e. The van der Waals surface area contributed by atoms with Crippen LogP contribution in [-0.2, 0) is 11.3 Å². The van der Waals surface area contributed by atoms with Gasteiger partial charge in [-0.25, -0.2) is 8.78 Å². The van der Waals surface area contributed by atoms with E-state index in [9.17, 15) is 13.6 Å². The summed E-state index contributed by atoms with van der Waals surface area (Å²) >= 11 is 0. The second-order valence-electron chi connectivity index (χ2n) is 4.75. The van der Waals surface area contributed by atoms with E-state index in [2.05, 4.69) is 10.4 Å².